The van der Waals surface area contributed by atoms with Crippen LogP contribution in [0.4, 0.5) is 0 Å². The van der Waals surface area contributed by atoms with Gasteiger partial charge in [0.1, 0.15) is 0 Å². The van der Waals surface area contributed by atoms with Crippen molar-refractivity contribution in [3.63, 3.8) is 0 Å². The zero-order chi connectivity index (χ0) is 10.7. The first kappa shape index (κ1) is 11.3. The van der Waals surface area contributed by atoms with Gasteiger partial charge in [-0.25, -0.2) is 0 Å². The second kappa shape index (κ2) is 4.78. The smallest absolute Gasteiger partial charge is 0.0880 e. The highest BCUT2D eigenvalue weighted by Crippen LogP contribution is 2.18. The molecule has 0 bridgehead atoms. The van der Waals surface area contributed by atoms with Crippen LogP contribution in [0.2, 0.25) is 0 Å². The van der Waals surface area contributed by atoms with Crippen molar-refractivity contribution >= 4 is 0 Å². The number of quaternary nitrogens is 1. The van der Waals surface area contributed by atoms with Crippen LogP contribution in [0.3, 0.4) is 0 Å². The highest BCUT2D eigenvalue weighted by Gasteiger charge is 2.35. The van der Waals surface area contributed by atoms with Gasteiger partial charge in [-0.15, -0.1) is 0 Å². The van der Waals surface area contributed by atoms with E-state index in [1.54, 1.807) is 4.90 Å². The molecule has 0 unspecified atom stereocenters. The van der Waals surface area contributed by atoms with E-state index >= 15 is 0 Å². The van der Waals surface area contributed by atoms with Gasteiger partial charge >= 0.3 is 0 Å². The molecule has 4 nitrogen and oxygen atoms in total. The lowest BCUT2D eigenvalue weighted by Gasteiger charge is -2.39. The minimum absolute atomic E-state index is 0.434. The number of rotatable bonds is 2. The molecule has 0 radical (unpaired) electrons. The van der Waals surface area contributed by atoms with Crippen LogP contribution in [0.15, 0.2) is 0 Å². The van der Waals surface area contributed by atoms with Crippen LogP contribution < -0.4 is 4.90 Å². The first-order valence-corrected chi connectivity index (χ1v) is 6.02. The minimum atomic E-state index is -0.434. The third-order valence-electron chi connectivity index (χ3n) is 3.66. The molecule has 2 rings (SSSR count). The molecule has 0 atom stereocenters. The fraction of sp³-hybridized carbons (Fsp3) is 1.00. The Hall–Kier alpha value is -0.160. The van der Waals surface area contributed by atoms with Crippen LogP contribution in [-0.4, -0.2) is 68.6 Å². The summed E-state index contributed by atoms with van der Waals surface area (Å²) >= 11 is 0. The third kappa shape index (κ3) is 3.14. The topological polar surface area (TPSA) is 37.1 Å². The first-order chi connectivity index (χ1) is 7.18. The third-order valence-corrected chi connectivity index (χ3v) is 3.66. The molecule has 88 valence electrons. The molecule has 0 spiro atoms. The highest BCUT2D eigenvalue weighted by molar-refractivity contribution is 4.84. The predicted molar refractivity (Wildman–Crippen MR) is 58.1 cm³/mol. The van der Waals surface area contributed by atoms with Gasteiger partial charge < -0.3 is 14.7 Å². The van der Waals surface area contributed by atoms with E-state index in [0.29, 0.717) is 0 Å². The SMILES string of the molecule is C[NH+]1CCC(O)(CN2CCOCC2)CC1. The summed E-state index contributed by atoms with van der Waals surface area (Å²) in [5.41, 5.74) is -0.434. The number of hydrogen-bond donors (Lipinski definition) is 2. The monoisotopic (exact) mass is 215 g/mol. The van der Waals surface area contributed by atoms with Crippen molar-refractivity contribution in [2.45, 2.75) is 18.4 Å². The van der Waals surface area contributed by atoms with Gasteiger partial charge in [0.05, 0.1) is 39.0 Å². The van der Waals surface area contributed by atoms with Gasteiger partial charge in [-0.05, 0) is 0 Å². The summed E-state index contributed by atoms with van der Waals surface area (Å²) < 4.78 is 5.31. The lowest BCUT2D eigenvalue weighted by molar-refractivity contribution is -0.887. The first-order valence-electron chi connectivity index (χ1n) is 6.02. The van der Waals surface area contributed by atoms with E-state index in [0.717, 1.165) is 58.8 Å². The number of aliphatic hydroxyl groups is 1. The predicted octanol–water partition coefficient (Wildman–Crippen LogP) is -1.64. The normalized spacial score (nSPS) is 39.2. The molecule has 0 saturated carbocycles. The van der Waals surface area contributed by atoms with Crippen molar-refractivity contribution in [3.05, 3.63) is 0 Å². The largest absolute Gasteiger partial charge is 0.388 e. The van der Waals surface area contributed by atoms with Crippen LogP contribution in [0.25, 0.3) is 0 Å². The number of nitrogens with zero attached hydrogens (tertiary/aromatic N) is 1. The quantitative estimate of drug-likeness (QED) is 0.580. The van der Waals surface area contributed by atoms with Gasteiger partial charge in [0, 0.05) is 32.5 Å². The molecule has 4 heteroatoms. The molecular weight excluding hydrogens is 192 g/mol. The fourth-order valence-corrected chi connectivity index (χ4v) is 2.48. The summed E-state index contributed by atoms with van der Waals surface area (Å²) in [4.78, 5) is 3.88. The molecule has 2 saturated heterocycles. The number of β-amino-alcohol motifs (C(OH)–C–C–N with tert-alkyl or cyclic N) is 1. The highest BCUT2D eigenvalue weighted by atomic mass is 16.5. The fourth-order valence-electron chi connectivity index (χ4n) is 2.48. The number of likely N-dealkylation sites (tertiary alicyclic amines) is 1. The van der Waals surface area contributed by atoms with E-state index in [-0.39, 0.29) is 0 Å². The Morgan fingerprint density at radius 3 is 2.47 bits per heavy atom. The number of nitrogens with one attached hydrogen (secondary N) is 1. The molecule has 0 aromatic heterocycles. The molecular formula is C11H23N2O2+. The average molecular weight is 215 g/mol. The lowest BCUT2D eigenvalue weighted by Crippen LogP contribution is -3.10. The van der Waals surface area contributed by atoms with Gasteiger partial charge in [0.2, 0.25) is 0 Å². The van der Waals surface area contributed by atoms with Crippen LogP contribution in [-0.2, 0) is 4.74 Å². The van der Waals surface area contributed by atoms with Crippen molar-refractivity contribution in [3.8, 4) is 0 Å². The summed E-state index contributed by atoms with van der Waals surface area (Å²) in [6.07, 6.45) is 1.88. The summed E-state index contributed by atoms with van der Waals surface area (Å²) in [6, 6.07) is 0. The molecule has 0 amide bonds. The standard InChI is InChI=1S/C11H22N2O2/c1-12-4-2-11(14,3-5-12)10-13-6-8-15-9-7-13/h14H,2-10H2,1H3/p+1. The van der Waals surface area contributed by atoms with Crippen molar-refractivity contribution in [1.29, 1.82) is 0 Å². The van der Waals surface area contributed by atoms with Crippen molar-refractivity contribution < 1.29 is 14.7 Å². The summed E-state index contributed by atoms with van der Waals surface area (Å²) in [5, 5.41) is 10.4. The molecule has 2 fully saturated rings. The lowest BCUT2D eigenvalue weighted by atomic mass is 9.91. The van der Waals surface area contributed by atoms with Crippen LogP contribution in [0.5, 0.6) is 0 Å². The summed E-state index contributed by atoms with van der Waals surface area (Å²) in [6.45, 7) is 6.63. The molecule has 2 aliphatic heterocycles. The maximum atomic E-state index is 10.4. The summed E-state index contributed by atoms with van der Waals surface area (Å²) in [7, 11) is 2.20. The van der Waals surface area contributed by atoms with Gasteiger partial charge in [-0.1, -0.05) is 0 Å². The average Bonchev–Trinajstić information content (AvgIpc) is 2.24. The van der Waals surface area contributed by atoms with E-state index in [1.807, 2.05) is 0 Å². The number of ether oxygens (including phenoxy) is 1. The summed E-state index contributed by atoms with van der Waals surface area (Å²) in [5.74, 6) is 0. The number of hydrogen-bond acceptors (Lipinski definition) is 3. The molecule has 0 aliphatic carbocycles. The Kier molecular flexibility index (Phi) is 3.61. The Morgan fingerprint density at radius 2 is 1.87 bits per heavy atom. The second-order valence-electron chi connectivity index (χ2n) is 5.07. The molecule has 15 heavy (non-hydrogen) atoms. The van der Waals surface area contributed by atoms with Gasteiger partial charge in [-0.2, -0.15) is 0 Å². The van der Waals surface area contributed by atoms with Crippen molar-refractivity contribution in [2.24, 2.45) is 0 Å². The molecule has 2 N–H and O–H groups in total. The molecule has 2 heterocycles. The second-order valence-corrected chi connectivity index (χ2v) is 5.07. The Morgan fingerprint density at radius 1 is 1.27 bits per heavy atom. The van der Waals surface area contributed by atoms with E-state index in [2.05, 4.69) is 11.9 Å². The van der Waals surface area contributed by atoms with Gasteiger partial charge in [0.25, 0.3) is 0 Å². The Bertz CT molecular complexity index is 197. The molecule has 0 aromatic carbocycles. The van der Waals surface area contributed by atoms with E-state index in [1.165, 1.54) is 0 Å². The van der Waals surface area contributed by atoms with Gasteiger partial charge in [-0.3, -0.25) is 4.90 Å². The van der Waals surface area contributed by atoms with Crippen LogP contribution in [0.1, 0.15) is 12.8 Å². The van der Waals surface area contributed by atoms with Crippen molar-refractivity contribution in [1.82, 2.24) is 4.90 Å². The number of morpholine rings is 1. The van der Waals surface area contributed by atoms with Crippen molar-refractivity contribution in [2.75, 3.05) is 53.0 Å². The van der Waals surface area contributed by atoms with E-state index < -0.39 is 5.60 Å². The van der Waals surface area contributed by atoms with Crippen LogP contribution in [0, 0.1) is 0 Å². The molecule has 0 aromatic rings. The van der Waals surface area contributed by atoms with E-state index in [4.69, 9.17) is 4.74 Å². The minimum Gasteiger partial charge on any atom is -0.388 e. The van der Waals surface area contributed by atoms with Crippen LogP contribution >= 0.6 is 0 Å². The zero-order valence-electron chi connectivity index (χ0n) is 9.67. The zero-order valence-corrected chi connectivity index (χ0v) is 9.67. The van der Waals surface area contributed by atoms with E-state index in [9.17, 15) is 5.11 Å². The number of piperidine rings is 1. The Balaban J connectivity index is 1.81. The Labute approximate surface area is 91.8 Å². The maximum absolute atomic E-state index is 10.4. The molecule has 2 aliphatic rings. The maximum Gasteiger partial charge on any atom is 0.0880 e. The van der Waals surface area contributed by atoms with Gasteiger partial charge in [0.15, 0.2) is 0 Å².